The number of halogens is 1. The molecule has 0 heterocycles. The molecule has 0 aliphatic heterocycles. The Morgan fingerprint density at radius 1 is 1.00 bits per heavy atom. The van der Waals surface area contributed by atoms with E-state index in [1.165, 1.54) is 0 Å². The lowest BCUT2D eigenvalue weighted by atomic mass is 10.1. The standard InChI is InChI=1S/C17H22ClNO5S2/c1-25(20,21)24-12-5-3-2-4-11-19-26(22,23)17-8-6-7-14-9-10-15(18)13-16(14)17/h6-10,13,19H,2-5,11-12H2,1H3. The van der Waals surface area contributed by atoms with Crippen molar-refractivity contribution in [3.8, 4) is 0 Å². The maximum absolute atomic E-state index is 12.6. The van der Waals surface area contributed by atoms with Crippen molar-refractivity contribution in [2.45, 2.75) is 30.6 Å². The summed E-state index contributed by atoms with van der Waals surface area (Å²) >= 11 is 5.99. The van der Waals surface area contributed by atoms with Crippen LogP contribution in [-0.2, 0) is 24.3 Å². The molecule has 0 aromatic heterocycles. The first-order valence-corrected chi connectivity index (χ1v) is 11.9. The van der Waals surface area contributed by atoms with E-state index in [1.807, 2.05) is 6.07 Å². The number of rotatable bonds is 10. The van der Waals surface area contributed by atoms with Gasteiger partial charge in [-0.3, -0.25) is 4.18 Å². The summed E-state index contributed by atoms with van der Waals surface area (Å²) in [4.78, 5) is 0.207. The third-order valence-corrected chi connectivity index (χ3v) is 6.10. The van der Waals surface area contributed by atoms with Crippen molar-refractivity contribution in [2.24, 2.45) is 0 Å². The highest BCUT2D eigenvalue weighted by atomic mass is 35.5. The van der Waals surface area contributed by atoms with Crippen molar-refractivity contribution in [3.05, 3.63) is 41.4 Å². The lowest BCUT2D eigenvalue weighted by Crippen LogP contribution is -2.25. The lowest BCUT2D eigenvalue weighted by molar-refractivity contribution is 0.310. The number of hydrogen-bond donors (Lipinski definition) is 1. The molecule has 1 N–H and O–H groups in total. The molecule has 0 bridgehead atoms. The van der Waals surface area contributed by atoms with Crippen LogP contribution < -0.4 is 4.72 Å². The van der Waals surface area contributed by atoms with Gasteiger partial charge < -0.3 is 0 Å². The van der Waals surface area contributed by atoms with Crippen LogP contribution in [0.1, 0.15) is 25.7 Å². The molecule has 0 atom stereocenters. The van der Waals surface area contributed by atoms with Gasteiger partial charge in [-0.15, -0.1) is 0 Å². The first kappa shape index (κ1) is 21.1. The van der Waals surface area contributed by atoms with Crippen molar-refractivity contribution in [3.63, 3.8) is 0 Å². The van der Waals surface area contributed by atoms with Crippen LogP contribution in [0.3, 0.4) is 0 Å². The summed E-state index contributed by atoms with van der Waals surface area (Å²) in [7, 11) is -7.03. The zero-order valence-corrected chi connectivity index (χ0v) is 16.8. The van der Waals surface area contributed by atoms with Gasteiger partial charge in [-0.25, -0.2) is 13.1 Å². The van der Waals surface area contributed by atoms with Gasteiger partial charge in [0.2, 0.25) is 10.0 Å². The van der Waals surface area contributed by atoms with Crippen molar-refractivity contribution in [1.82, 2.24) is 4.72 Å². The molecular weight excluding hydrogens is 398 g/mol. The molecule has 0 saturated heterocycles. The highest BCUT2D eigenvalue weighted by Crippen LogP contribution is 2.26. The van der Waals surface area contributed by atoms with Crippen LogP contribution in [0.2, 0.25) is 5.02 Å². The molecule has 2 aromatic rings. The van der Waals surface area contributed by atoms with Gasteiger partial charge in [0, 0.05) is 17.0 Å². The number of benzene rings is 2. The zero-order chi connectivity index (χ0) is 19.2. The SMILES string of the molecule is CS(=O)(=O)OCCCCCCNS(=O)(=O)c1cccc2ccc(Cl)cc12. The minimum atomic E-state index is -3.63. The molecule has 9 heteroatoms. The van der Waals surface area contributed by atoms with Crippen LogP contribution in [0.5, 0.6) is 0 Å². The van der Waals surface area contributed by atoms with E-state index in [1.54, 1.807) is 30.3 Å². The summed E-state index contributed by atoms with van der Waals surface area (Å²) in [5.41, 5.74) is 0. The topological polar surface area (TPSA) is 89.5 Å². The lowest BCUT2D eigenvalue weighted by Gasteiger charge is -2.10. The smallest absolute Gasteiger partial charge is 0.264 e. The molecule has 0 aliphatic carbocycles. The maximum Gasteiger partial charge on any atom is 0.264 e. The molecule has 144 valence electrons. The third kappa shape index (κ3) is 6.51. The Balaban J connectivity index is 1.85. The van der Waals surface area contributed by atoms with E-state index in [2.05, 4.69) is 8.91 Å². The summed E-state index contributed by atoms with van der Waals surface area (Å²) in [6, 6.07) is 10.3. The number of unbranched alkanes of at least 4 members (excludes halogenated alkanes) is 3. The van der Waals surface area contributed by atoms with Crippen molar-refractivity contribution in [1.29, 1.82) is 0 Å². The van der Waals surface area contributed by atoms with E-state index in [0.29, 0.717) is 29.8 Å². The normalized spacial score (nSPS) is 12.5. The zero-order valence-electron chi connectivity index (χ0n) is 14.4. The molecule has 0 fully saturated rings. The molecule has 2 rings (SSSR count). The molecule has 0 aliphatic rings. The summed E-state index contributed by atoms with van der Waals surface area (Å²) in [5.74, 6) is 0. The summed E-state index contributed by atoms with van der Waals surface area (Å²) in [6.45, 7) is 0.466. The van der Waals surface area contributed by atoms with Crippen molar-refractivity contribution >= 4 is 42.5 Å². The molecule has 26 heavy (non-hydrogen) atoms. The molecular formula is C17H22ClNO5S2. The monoisotopic (exact) mass is 419 g/mol. The van der Waals surface area contributed by atoms with E-state index >= 15 is 0 Å². The van der Waals surface area contributed by atoms with Gasteiger partial charge in [-0.1, -0.05) is 42.6 Å². The second-order valence-electron chi connectivity index (χ2n) is 5.96. The molecule has 2 aromatic carbocycles. The van der Waals surface area contributed by atoms with Gasteiger partial charge in [0.1, 0.15) is 0 Å². The molecule has 0 saturated carbocycles. The molecule has 0 spiro atoms. The van der Waals surface area contributed by atoms with Crippen LogP contribution in [-0.4, -0.2) is 36.2 Å². The Morgan fingerprint density at radius 2 is 1.73 bits per heavy atom. The Hall–Kier alpha value is -1.19. The average molecular weight is 420 g/mol. The molecule has 0 radical (unpaired) electrons. The predicted octanol–water partition coefficient (Wildman–Crippen LogP) is 3.31. The Kier molecular flexibility index (Phi) is 7.42. The molecule has 0 amide bonds. The fourth-order valence-corrected chi connectivity index (χ4v) is 4.41. The quantitative estimate of drug-likeness (QED) is 0.471. The molecule has 0 unspecified atom stereocenters. The van der Waals surface area contributed by atoms with Gasteiger partial charge in [0.25, 0.3) is 10.1 Å². The number of fused-ring (bicyclic) bond motifs is 1. The van der Waals surface area contributed by atoms with Crippen molar-refractivity contribution in [2.75, 3.05) is 19.4 Å². The predicted molar refractivity (Wildman–Crippen MR) is 103 cm³/mol. The van der Waals surface area contributed by atoms with E-state index in [9.17, 15) is 16.8 Å². The Labute approximate surface area is 159 Å². The first-order chi connectivity index (χ1) is 12.2. The summed E-state index contributed by atoms with van der Waals surface area (Å²) < 4.78 is 54.0. The average Bonchev–Trinajstić information content (AvgIpc) is 2.55. The number of nitrogens with one attached hydrogen (secondary N) is 1. The molecule has 6 nitrogen and oxygen atoms in total. The van der Waals surface area contributed by atoms with E-state index < -0.39 is 20.1 Å². The summed E-state index contributed by atoms with van der Waals surface area (Å²) in [5, 5.41) is 1.88. The van der Waals surface area contributed by atoms with Crippen LogP contribution >= 0.6 is 11.6 Å². The minimum Gasteiger partial charge on any atom is -0.270 e. The van der Waals surface area contributed by atoms with Gasteiger partial charge in [0.15, 0.2) is 0 Å². The van der Waals surface area contributed by atoms with E-state index in [0.717, 1.165) is 24.5 Å². The minimum absolute atomic E-state index is 0.154. The highest BCUT2D eigenvalue weighted by Gasteiger charge is 2.16. The third-order valence-electron chi connectivity index (χ3n) is 3.75. The Morgan fingerprint density at radius 3 is 2.46 bits per heavy atom. The first-order valence-electron chi connectivity index (χ1n) is 8.21. The summed E-state index contributed by atoms with van der Waals surface area (Å²) in [6.07, 6.45) is 3.83. The van der Waals surface area contributed by atoms with E-state index in [4.69, 9.17) is 11.6 Å². The Bertz CT molecular complexity index is 958. The van der Waals surface area contributed by atoms with Crippen LogP contribution in [0.25, 0.3) is 10.8 Å². The van der Waals surface area contributed by atoms with Gasteiger partial charge >= 0.3 is 0 Å². The maximum atomic E-state index is 12.6. The second-order valence-corrected chi connectivity index (χ2v) is 9.78. The highest BCUT2D eigenvalue weighted by molar-refractivity contribution is 7.89. The largest absolute Gasteiger partial charge is 0.270 e. The fourth-order valence-electron chi connectivity index (χ4n) is 2.53. The number of hydrogen-bond acceptors (Lipinski definition) is 5. The van der Waals surface area contributed by atoms with Gasteiger partial charge in [0.05, 0.1) is 17.8 Å². The second kappa shape index (κ2) is 9.14. The van der Waals surface area contributed by atoms with Crippen LogP contribution in [0, 0.1) is 0 Å². The fraction of sp³-hybridized carbons (Fsp3) is 0.412. The number of sulfonamides is 1. The van der Waals surface area contributed by atoms with E-state index in [-0.39, 0.29) is 11.5 Å². The van der Waals surface area contributed by atoms with Gasteiger partial charge in [-0.05, 0) is 36.4 Å². The van der Waals surface area contributed by atoms with Crippen LogP contribution in [0.4, 0.5) is 0 Å². The van der Waals surface area contributed by atoms with Gasteiger partial charge in [-0.2, -0.15) is 8.42 Å². The van der Waals surface area contributed by atoms with Crippen LogP contribution in [0.15, 0.2) is 41.3 Å². The van der Waals surface area contributed by atoms with Crippen molar-refractivity contribution < 1.29 is 21.0 Å².